The van der Waals surface area contributed by atoms with Crippen LogP contribution in [0.15, 0.2) is 179 Å². The Balaban J connectivity index is 1.08. The fourth-order valence-corrected chi connectivity index (χ4v) is 6.52. The van der Waals surface area contributed by atoms with Gasteiger partial charge in [-0.05, 0) is 83.9 Å². The molecular weight excluding hydrogens is 669 g/mol. The number of hydrogen-bond donors (Lipinski definition) is 3. The van der Waals surface area contributed by atoms with Crippen LogP contribution >= 0.6 is 11.8 Å². The number of nitrogens with one attached hydrogen (secondary N) is 3. The second-order valence-corrected chi connectivity index (χ2v) is 12.9. The number of benzene rings is 6. The van der Waals surface area contributed by atoms with Gasteiger partial charge in [0.15, 0.2) is 5.58 Å². The molecule has 0 fully saturated rings. The standard InChI is InChI=1S/C43H32N4O4S/c48-40(31-17-8-3-9-18-31)46-37(27-29-13-4-1-5-14-29)41(49)45-34-19-12-20-35(28-34)52-39(30-15-6-2-7-16-30)42(50)44-33-25-23-32(24-26-33)43-47-36-21-10-11-22-38(36)51-43/h1-28,39H,(H,44,50)(H,45,49)(H,46,48)/b37-27-. The Hall–Kier alpha value is -6.71. The lowest BCUT2D eigenvalue weighted by Crippen LogP contribution is -2.30. The van der Waals surface area contributed by atoms with E-state index in [1.807, 2.05) is 127 Å². The number of rotatable bonds is 11. The van der Waals surface area contributed by atoms with Crippen LogP contribution in [0, 0.1) is 0 Å². The summed E-state index contributed by atoms with van der Waals surface area (Å²) in [6.45, 7) is 0. The highest BCUT2D eigenvalue weighted by molar-refractivity contribution is 8.00. The van der Waals surface area contributed by atoms with E-state index in [2.05, 4.69) is 20.9 Å². The third kappa shape index (κ3) is 8.35. The summed E-state index contributed by atoms with van der Waals surface area (Å²) in [4.78, 5) is 45.9. The van der Waals surface area contributed by atoms with Crippen molar-refractivity contribution in [2.24, 2.45) is 0 Å². The van der Waals surface area contributed by atoms with Crippen molar-refractivity contribution in [3.8, 4) is 11.5 Å². The van der Waals surface area contributed by atoms with E-state index in [-0.39, 0.29) is 11.6 Å². The van der Waals surface area contributed by atoms with Crippen molar-refractivity contribution in [1.82, 2.24) is 10.3 Å². The second kappa shape index (κ2) is 15.9. The molecule has 0 spiro atoms. The van der Waals surface area contributed by atoms with E-state index in [0.29, 0.717) is 28.4 Å². The van der Waals surface area contributed by atoms with E-state index in [4.69, 9.17) is 4.42 Å². The first-order valence-corrected chi connectivity index (χ1v) is 17.4. The van der Waals surface area contributed by atoms with E-state index in [9.17, 15) is 14.4 Å². The first-order valence-electron chi connectivity index (χ1n) is 16.5. The fraction of sp³-hybridized carbons (Fsp3) is 0.0233. The quantitative estimate of drug-likeness (QED) is 0.0916. The minimum atomic E-state index is -0.609. The highest BCUT2D eigenvalue weighted by Gasteiger charge is 2.23. The first-order chi connectivity index (χ1) is 25.5. The third-order valence-corrected chi connectivity index (χ3v) is 9.27. The Morgan fingerprint density at radius 1 is 0.654 bits per heavy atom. The topological polar surface area (TPSA) is 113 Å². The lowest BCUT2D eigenvalue weighted by molar-refractivity contribution is -0.116. The van der Waals surface area contributed by atoms with Crippen molar-refractivity contribution in [3.05, 3.63) is 186 Å². The minimum Gasteiger partial charge on any atom is -0.436 e. The summed E-state index contributed by atoms with van der Waals surface area (Å²) >= 11 is 1.36. The lowest BCUT2D eigenvalue weighted by Gasteiger charge is -2.18. The van der Waals surface area contributed by atoms with Gasteiger partial charge in [-0.25, -0.2) is 4.98 Å². The number of para-hydroxylation sites is 2. The monoisotopic (exact) mass is 700 g/mol. The van der Waals surface area contributed by atoms with E-state index >= 15 is 0 Å². The summed E-state index contributed by atoms with van der Waals surface area (Å²) in [5.41, 5.74) is 5.50. The molecule has 0 saturated heterocycles. The number of amides is 3. The average Bonchev–Trinajstić information content (AvgIpc) is 3.63. The maximum Gasteiger partial charge on any atom is 0.272 e. The molecule has 0 aliphatic carbocycles. The smallest absolute Gasteiger partial charge is 0.272 e. The van der Waals surface area contributed by atoms with Crippen molar-refractivity contribution in [3.63, 3.8) is 0 Å². The zero-order valence-electron chi connectivity index (χ0n) is 27.7. The normalized spacial score (nSPS) is 11.8. The average molecular weight is 701 g/mol. The van der Waals surface area contributed by atoms with Crippen molar-refractivity contribution in [2.45, 2.75) is 10.1 Å². The predicted molar refractivity (Wildman–Crippen MR) is 207 cm³/mol. The maximum absolute atomic E-state index is 13.9. The lowest BCUT2D eigenvalue weighted by atomic mass is 10.1. The Bertz CT molecular complexity index is 2330. The summed E-state index contributed by atoms with van der Waals surface area (Å²) in [5, 5.41) is 8.14. The van der Waals surface area contributed by atoms with Gasteiger partial charge in [0.25, 0.3) is 11.8 Å². The summed E-state index contributed by atoms with van der Waals surface area (Å²) in [5.74, 6) is -0.601. The molecule has 254 valence electrons. The number of nitrogens with zero attached hydrogens (tertiary/aromatic N) is 1. The van der Waals surface area contributed by atoms with E-state index < -0.39 is 17.1 Å². The molecule has 1 unspecified atom stereocenters. The third-order valence-electron chi connectivity index (χ3n) is 8.02. The highest BCUT2D eigenvalue weighted by Crippen LogP contribution is 2.37. The predicted octanol–water partition coefficient (Wildman–Crippen LogP) is 9.38. The van der Waals surface area contributed by atoms with Gasteiger partial charge < -0.3 is 20.4 Å². The number of thioether (sulfide) groups is 1. The van der Waals surface area contributed by atoms with Crippen LogP contribution in [0.25, 0.3) is 28.6 Å². The van der Waals surface area contributed by atoms with E-state index in [1.54, 1.807) is 42.5 Å². The number of anilines is 2. The molecule has 1 aromatic heterocycles. The molecule has 6 aromatic carbocycles. The van der Waals surface area contributed by atoms with Crippen LogP contribution in [0.4, 0.5) is 11.4 Å². The Labute approximate surface area is 304 Å². The minimum absolute atomic E-state index is 0.0850. The molecule has 0 aliphatic heterocycles. The summed E-state index contributed by atoms with van der Waals surface area (Å²) in [6, 6.07) is 49.7. The Kier molecular flexibility index (Phi) is 10.3. The van der Waals surface area contributed by atoms with Crippen LogP contribution < -0.4 is 16.0 Å². The summed E-state index contributed by atoms with van der Waals surface area (Å²) in [6.07, 6.45) is 1.63. The molecule has 3 amide bonds. The summed E-state index contributed by atoms with van der Waals surface area (Å²) in [7, 11) is 0. The van der Waals surface area contributed by atoms with Gasteiger partial charge in [-0.1, -0.05) is 97.1 Å². The molecule has 3 N–H and O–H groups in total. The van der Waals surface area contributed by atoms with Gasteiger partial charge in [-0.2, -0.15) is 0 Å². The molecule has 7 rings (SSSR count). The molecule has 0 saturated carbocycles. The number of oxazole rings is 1. The van der Waals surface area contributed by atoms with Crippen LogP contribution in [-0.4, -0.2) is 22.7 Å². The number of fused-ring (bicyclic) bond motifs is 1. The first kappa shape index (κ1) is 33.8. The van der Waals surface area contributed by atoms with Gasteiger partial charge in [0.2, 0.25) is 11.8 Å². The Morgan fingerprint density at radius 3 is 2.06 bits per heavy atom. The van der Waals surface area contributed by atoms with Crippen LogP contribution in [-0.2, 0) is 9.59 Å². The highest BCUT2D eigenvalue weighted by atomic mass is 32.2. The van der Waals surface area contributed by atoms with E-state index in [1.165, 1.54) is 11.8 Å². The number of carbonyl (C=O) groups is 3. The molecule has 52 heavy (non-hydrogen) atoms. The molecule has 1 heterocycles. The van der Waals surface area contributed by atoms with Crippen LogP contribution in [0.2, 0.25) is 0 Å². The number of hydrogen-bond acceptors (Lipinski definition) is 6. The zero-order chi connectivity index (χ0) is 35.7. The second-order valence-electron chi connectivity index (χ2n) is 11.7. The van der Waals surface area contributed by atoms with Crippen molar-refractivity contribution in [1.29, 1.82) is 0 Å². The SMILES string of the molecule is O=C(Nc1cccc(SC(C(=O)Nc2ccc(-c3nc4ccccc4o3)cc2)c2ccccc2)c1)/C(=C/c1ccccc1)NC(=O)c1ccccc1. The molecule has 1 atom stereocenters. The number of carbonyl (C=O) groups excluding carboxylic acids is 3. The van der Waals surface area contributed by atoms with Crippen LogP contribution in [0.1, 0.15) is 26.7 Å². The molecule has 7 aromatic rings. The van der Waals surface area contributed by atoms with Gasteiger partial charge >= 0.3 is 0 Å². The molecule has 8 nitrogen and oxygen atoms in total. The van der Waals surface area contributed by atoms with Crippen LogP contribution in [0.5, 0.6) is 0 Å². The van der Waals surface area contributed by atoms with E-state index in [0.717, 1.165) is 27.1 Å². The van der Waals surface area contributed by atoms with Gasteiger partial charge in [-0.15, -0.1) is 11.8 Å². The molecule has 9 heteroatoms. The maximum atomic E-state index is 13.9. The number of aromatic nitrogens is 1. The molecular formula is C43H32N4O4S. The fourth-order valence-electron chi connectivity index (χ4n) is 5.44. The van der Waals surface area contributed by atoms with Crippen molar-refractivity contribution in [2.75, 3.05) is 10.6 Å². The molecule has 0 bridgehead atoms. The van der Waals surface area contributed by atoms with Crippen molar-refractivity contribution >= 4 is 58.0 Å². The van der Waals surface area contributed by atoms with Crippen LogP contribution in [0.3, 0.4) is 0 Å². The van der Waals surface area contributed by atoms with Gasteiger partial charge in [-0.3, -0.25) is 14.4 Å². The van der Waals surface area contributed by atoms with Gasteiger partial charge in [0.05, 0.1) is 0 Å². The summed E-state index contributed by atoms with van der Waals surface area (Å²) < 4.78 is 5.90. The van der Waals surface area contributed by atoms with Gasteiger partial charge in [0, 0.05) is 27.4 Å². The van der Waals surface area contributed by atoms with Gasteiger partial charge in [0.1, 0.15) is 16.5 Å². The van der Waals surface area contributed by atoms with Crippen molar-refractivity contribution < 1.29 is 18.8 Å². The zero-order valence-corrected chi connectivity index (χ0v) is 28.5. The molecule has 0 aliphatic rings. The largest absolute Gasteiger partial charge is 0.436 e. The Morgan fingerprint density at radius 2 is 1.33 bits per heavy atom. The molecule has 0 radical (unpaired) electrons.